The molecule has 5 rings (SSSR count). The number of rotatable bonds is 4. The van der Waals surface area contributed by atoms with Gasteiger partial charge in [0.15, 0.2) is 5.78 Å². The third-order valence-corrected chi connectivity index (χ3v) is 5.41. The minimum absolute atomic E-state index is 0.157. The molecule has 0 fully saturated rings. The highest BCUT2D eigenvalue weighted by atomic mass is 16.5. The SMILES string of the molecule is Cc1cccc(COc2ccc(C3C4=C(CCCC4=O)Nc4nnnn43)cc2)c1. The van der Waals surface area contributed by atoms with E-state index in [4.69, 9.17) is 4.74 Å². The number of aromatic nitrogens is 4. The molecule has 3 aromatic rings. The molecule has 0 saturated carbocycles. The molecular weight excluding hydrogens is 366 g/mol. The lowest BCUT2D eigenvalue weighted by Gasteiger charge is -2.31. The van der Waals surface area contributed by atoms with Gasteiger partial charge in [-0.05, 0) is 53.5 Å². The number of fused-ring (bicyclic) bond motifs is 1. The standard InChI is InChI=1S/C22H21N5O2/c1-14-4-2-5-15(12-14)13-29-17-10-8-16(9-11-17)21-20-18(6-3-7-19(20)28)23-22-24-25-26-27(21)22/h2,4-5,8-12,21H,3,6-7,13H2,1H3,(H,23,24,26). The monoisotopic (exact) mass is 387 g/mol. The summed E-state index contributed by atoms with van der Waals surface area (Å²) >= 11 is 0. The van der Waals surface area contributed by atoms with Crippen LogP contribution in [0.1, 0.15) is 42.0 Å². The van der Waals surface area contributed by atoms with E-state index in [0.717, 1.165) is 41.0 Å². The molecule has 1 N–H and O–H groups in total. The lowest BCUT2D eigenvalue weighted by Crippen LogP contribution is -2.31. The van der Waals surface area contributed by atoms with Crippen LogP contribution < -0.4 is 10.1 Å². The van der Waals surface area contributed by atoms with Crippen LogP contribution in [0.5, 0.6) is 5.75 Å². The number of hydrogen-bond donors (Lipinski definition) is 1. The van der Waals surface area contributed by atoms with Crippen molar-refractivity contribution >= 4 is 11.7 Å². The fourth-order valence-electron chi connectivity index (χ4n) is 4.04. The van der Waals surface area contributed by atoms with E-state index in [0.29, 0.717) is 19.0 Å². The van der Waals surface area contributed by atoms with Crippen LogP contribution in [0, 0.1) is 6.92 Å². The van der Waals surface area contributed by atoms with E-state index in [2.05, 4.69) is 46.0 Å². The molecule has 0 saturated heterocycles. The summed E-state index contributed by atoms with van der Waals surface area (Å²) in [5.41, 5.74) is 5.02. The summed E-state index contributed by atoms with van der Waals surface area (Å²) in [6.07, 6.45) is 2.25. The van der Waals surface area contributed by atoms with Crippen molar-refractivity contribution in [1.82, 2.24) is 20.2 Å². The van der Waals surface area contributed by atoms with Crippen molar-refractivity contribution in [3.63, 3.8) is 0 Å². The molecule has 29 heavy (non-hydrogen) atoms. The summed E-state index contributed by atoms with van der Waals surface area (Å²) < 4.78 is 7.62. The van der Waals surface area contributed by atoms with Crippen LogP contribution in [-0.2, 0) is 11.4 Å². The Balaban J connectivity index is 1.42. The highest BCUT2D eigenvalue weighted by Gasteiger charge is 2.36. The number of ketones is 1. The van der Waals surface area contributed by atoms with E-state index in [-0.39, 0.29) is 11.8 Å². The molecule has 1 aliphatic carbocycles. The Bertz CT molecular complexity index is 1100. The molecule has 2 aliphatic rings. The molecule has 0 spiro atoms. The highest BCUT2D eigenvalue weighted by Crippen LogP contribution is 2.39. The van der Waals surface area contributed by atoms with Gasteiger partial charge in [-0.25, -0.2) is 0 Å². The van der Waals surface area contributed by atoms with Crippen molar-refractivity contribution in [2.24, 2.45) is 0 Å². The molecule has 7 heteroatoms. The van der Waals surface area contributed by atoms with Crippen LogP contribution in [-0.4, -0.2) is 26.0 Å². The lowest BCUT2D eigenvalue weighted by molar-refractivity contribution is -0.116. The number of tetrazole rings is 1. The number of benzene rings is 2. The lowest BCUT2D eigenvalue weighted by atomic mass is 9.85. The topological polar surface area (TPSA) is 81.9 Å². The number of carbonyl (C=O) groups excluding carboxylic acids is 1. The zero-order chi connectivity index (χ0) is 19.8. The van der Waals surface area contributed by atoms with Crippen molar-refractivity contribution in [3.05, 3.63) is 76.5 Å². The average Bonchev–Trinajstić information content (AvgIpc) is 3.20. The Hall–Kier alpha value is -3.48. The van der Waals surface area contributed by atoms with Gasteiger partial charge in [0, 0.05) is 17.7 Å². The zero-order valence-corrected chi connectivity index (χ0v) is 16.1. The maximum Gasteiger partial charge on any atom is 0.248 e. The zero-order valence-electron chi connectivity index (χ0n) is 16.1. The van der Waals surface area contributed by atoms with Gasteiger partial charge >= 0.3 is 0 Å². The first kappa shape index (κ1) is 17.6. The molecule has 0 bridgehead atoms. The van der Waals surface area contributed by atoms with E-state index >= 15 is 0 Å². The molecular formula is C22H21N5O2. The molecule has 1 atom stereocenters. The van der Waals surface area contributed by atoms with E-state index in [1.807, 2.05) is 30.3 Å². The fraction of sp³-hybridized carbons (Fsp3) is 0.273. The Morgan fingerprint density at radius 3 is 2.86 bits per heavy atom. The summed E-state index contributed by atoms with van der Waals surface area (Å²) in [5, 5.41) is 15.2. The molecule has 2 aromatic carbocycles. The van der Waals surface area contributed by atoms with Crippen molar-refractivity contribution < 1.29 is 9.53 Å². The highest BCUT2D eigenvalue weighted by molar-refractivity contribution is 5.99. The van der Waals surface area contributed by atoms with Gasteiger partial charge in [0.05, 0.1) is 0 Å². The van der Waals surface area contributed by atoms with Crippen molar-refractivity contribution in [1.29, 1.82) is 0 Å². The summed E-state index contributed by atoms with van der Waals surface area (Å²) in [4.78, 5) is 12.7. The minimum atomic E-state index is -0.310. The van der Waals surface area contributed by atoms with Gasteiger partial charge in [-0.1, -0.05) is 47.1 Å². The molecule has 1 aliphatic heterocycles. The number of aryl methyl sites for hydroxylation is 1. The number of ether oxygens (including phenoxy) is 1. The third kappa shape index (κ3) is 3.29. The summed E-state index contributed by atoms with van der Waals surface area (Å²) in [6.45, 7) is 2.58. The van der Waals surface area contributed by atoms with Crippen molar-refractivity contribution in [3.8, 4) is 5.75 Å². The Morgan fingerprint density at radius 1 is 1.17 bits per heavy atom. The number of nitrogens with zero attached hydrogens (tertiary/aromatic N) is 4. The van der Waals surface area contributed by atoms with Crippen LogP contribution in [0.15, 0.2) is 59.8 Å². The van der Waals surface area contributed by atoms with Gasteiger partial charge in [-0.15, -0.1) is 0 Å². The molecule has 0 radical (unpaired) electrons. The largest absolute Gasteiger partial charge is 0.489 e. The fourth-order valence-corrected chi connectivity index (χ4v) is 4.04. The Labute approximate surface area is 168 Å². The van der Waals surface area contributed by atoms with E-state index in [1.54, 1.807) is 4.68 Å². The number of hydrogen-bond acceptors (Lipinski definition) is 6. The number of allylic oxidation sites excluding steroid dienone is 2. The second-order valence-electron chi connectivity index (χ2n) is 7.49. The third-order valence-electron chi connectivity index (χ3n) is 5.41. The molecule has 0 amide bonds. The second kappa shape index (κ2) is 7.16. The predicted octanol–water partition coefficient (Wildman–Crippen LogP) is 3.58. The maximum absolute atomic E-state index is 12.7. The minimum Gasteiger partial charge on any atom is -0.489 e. The van der Waals surface area contributed by atoms with Crippen LogP contribution >= 0.6 is 0 Å². The van der Waals surface area contributed by atoms with Gasteiger partial charge in [0.2, 0.25) is 5.95 Å². The van der Waals surface area contributed by atoms with E-state index in [9.17, 15) is 4.79 Å². The maximum atomic E-state index is 12.7. The van der Waals surface area contributed by atoms with E-state index in [1.165, 1.54) is 5.56 Å². The second-order valence-corrected chi connectivity index (χ2v) is 7.49. The van der Waals surface area contributed by atoms with Crippen LogP contribution in [0.2, 0.25) is 0 Å². The first-order chi connectivity index (χ1) is 14.2. The summed E-state index contributed by atoms with van der Waals surface area (Å²) in [6, 6.07) is 15.8. The number of nitrogens with one attached hydrogen (secondary N) is 1. The Morgan fingerprint density at radius 2 is 2.03 bits per heavy atom. The van der Waals surface area contributed by atoms with Gasteiger partial charge in [0.1, 0.15) is 18.4 Å². The normalized spacial score (nSPS) is 18.1. The summed E-state index contributed by atoms with van der Waals surface area (Å²) in [5.74, 6) is 1.51. The molecule has 146 valence electrons. The number of Topliss-reactive ketones (excluding diaryl/α,β-unsaturated/α-hetero) is 1. The smallest absolute Gasteiger partial charge is 0.248 e. The van der Waals surface area contributed by atoms with Crippen LogP contribution in [0.25, 0.3) is 0 Å². The summed E-state index contributed by atoms with van der Waals surface area (Å²) in [7, 11) is 0. The first-order valence-electron chi connectivity index (χ1n) is 9.78. The number of carbonyl (C=O) groups is 1. The number of anilines is 1. The predicted molar refractivity (Wildman–Crippen MR) is 107 cm³/mol. The van der Waals surface area contributed by atoms with Crippen molar-refractivity contribution in [2.45, 2.75) is 38.8 Å². The quantitative estimate of drug-likeness (QED) is 0.737. The van der Waals surface area contributed by atoms with Gasteiger partial charge in [-0.2, -0.15) is 4.68 Å². The molecule has 7 nitrogen and oxygen atoms in total. The molecule has 2 heterocycles. The van der Waals surface area contributed by atoms with Crippen LogP contribution in [0.3, 0.4) is 0 Å². The Kier molecular flexibility index (Phi) is 4.35. The molecule has 1 aromatic heterocycles. The molecule has 1 unspecified atom stereocenters. The van der Waals surface area contributed by atoms with E-state index < -0.39 is 0 Å². The van der Waals surface area contributed by atoms with Gasteiger partial charge < -0.3 is 10.1 Å². The average molecular weight is 387 g/mol. The van der Waals surface area contributed by atoms with Crippen LogP contribution in [0.4, 0.5) is 5.95 Å². The first-order valence-corrected chi connectivity index (χ1v) is 9.78. The van der Waals surface area contributed by atoms with Crippen molar-refractivity contribution in [2.75, 3.05) is 5.32 Å². The van der Waals surface area contributed by atoms with Gasteiger partial charge in [-0.3, -0.25) is 4.79 Å². The van der Waals surface area contributed by atoms with Gasteiger partial charge in [0.25, 0.3) is 0 Å².